The van der Waals surface area contributed by atoms with Gasteiger partial charge in [-0.2, -0.15) is 0 Å². The van der Waals surface area contributed by atoms with E-state index in [-0.39, 0.29) is 4.90 Å². The molecule has 1 unspecified atom stereocenters. The number of sulfonamides is 1. The smallest absolute Gasteiger partial charge is 0.240 e. The van der Waals surface area contributed by atoms with Crippen LogP contribution >= 0.6 is 0 Å². The van der Waals surface area contributed by atoms with Crippen molar-refractivity contribution in [3.63, 3.8) is 0 Å². The SMILES string of the molecule is CNS(=O)(=O)c1ccc(N(C)CC2CCCOC2)c(N)c1. The Labute approximate surface area is 126 Å². The molecule has 0 saturated carbocycles. The fourth-order valence-corrected chi connectivity index (χ4v) is 3.37. The van der Waals surface area contributed by atoms with Crippen molar-refractivity contribution in [3.8, 4) is 0 Å². The summed E-state index contributed by atoms with van der Waals surface area (Å²) in [6.45, 7) is 2.47. The molecule has 0 aliphatic carbocycles. The Balaban J connectivity index is 2.12. The molecule has 0 bridgehead atoms. The molecule has 0 amide bonds. The molecule has 1 aromatic carbocycles. The summed E-state index contributed by atoms with van der Waals surface area (Å²) in [7, 11) is -0.110. The van der Waals surface area contributed by atoms with Crippen molar-refractivity contribution in [1.82, 2.24) is 4.72 Å². The van der Waals surface area contributed by atoms with Crippen molar-refractivity contribution in [2.45, 2.75) is 17.7 Å². The summed E-state index contributed by atoms with van der Waals surface area (Å²) in [6.07, 6.45) is 2.24. The first-order valence-electron chi connectivity index (χ1n) is 7.06. The number of hydrogen-bond acceptors (Lipinski definition) is 5. The van der Waals surface area contributed by atoms with Crippen molar-refractivity contribution in [2.24, 2.45) is 5.92 Å². The maximum atomic E-state index is 11.8. The van der Waals surface area contributed by atoms with Crippen LogP contribution in [0.1, 0.15) is 12.8 Å². The first kappa shape index (κ1) is 16.1. The summed E-state index contributed by atoms with van der Waals surface area (Å²) in [4.78, 5) is 2.24. The molecule has 0 radical (unpaired) electrons. The van der Waals surface area contributed by atoms with E-state index in [1.165, 1.54) is 13.1 Å². The lowest BCUT2D eigenvalue weighted by Gasteiger charge is -2.29. The van der Waals surface area contributed by atoms with Gasteiger partial charge in [-0.05, 0) is 44.0 Å². The predicted octanol–water partition coefficient (Wildman–Crippen LogP) is 1.04. The standard InChI is InChI=1S/C14H23N3O3S/c1-16-21(18,19)12-5-6-14(13(15)8-12)17(2)9-11-4-3-7-20-10-11/h5-6,8,11,16H,3-4,7,9-10,15H2,1-2H3. The van der Waals surface area contributed by atoms with E-state index in [0.717, 1.165) is 38.3 Å². The van der Waals surface area contributed by atoms with Gasteiger partial charge in [-0.3, -0.25) is 0 Å². The Morgan fingerprint density at radius 3 is 2.81 bits per heavy atom. The molecule has 118 valence electrons. The Kier molecular flexibility index (Phi) is 5.08. The van der Waals surface area contributed by atoms with E-state index in [2.05, 4.69) is 9.62 Å². The Morgan fingerprint density at radius 2 is 2.24 bits per heavy atom. The van der Waals surface area contributed by atoms with Crippen LogP contribution in [0.5, 0.6) is 0 Å². The molecule has 1 fully saturated rings. The van der Waals surface area contributed by atoms with E-state index in [4.69, 9.17) is 10.5 Å². The first-order valence-corrected chi connectivity index (χ1v) is 8.54. The molecule has 1 aromatic rings. The average Bonchev–Trinajstić information content (AvgIpc) is 2.48. The van der Waals surface area contributed by atoms with Crippen LogP contribution < -0.4 is 15.4 Å². The maximum absolute atomic E-state index is 11.8. The van der Waals surface area contributed by atoms with Crippen LogP contribution in [0.25, 0.3) is 0 Å². The van der Waals surface area contributed by atoms with Gasteiger partial charge in [-0.15, -0.1) is 0 Å². The van der Waals surface area contributed by atoms with E-state index in [9.17, 15) is 8.42 Å². The van der Waals surface area contributed by atoms with E-state index < -0.39 is 10.0 Å². The quantitative estimate of drug-likeness (QED) is 0.794. The minimum atomic E-state index is -3.46. The molecule has 21 heavy (non-hydrogen) atoms. The second-order valence-electron chi connectivity index (χ2n) is 5.39. The van der Waals surface area contributed by atoms with E-state index in [0.29, 0.717) is 11.6 Å². The van der Waals surface area contributed by atoms with Crippen LogP contribution in [0.3, 0.4) is 0 Å². The molecule has 0 spiro atoms. The first-order chi connectivity index (χ1) is 9.94. The average molecular weight is 313 g/mol. The van der Waals surface area contributed by atoms with Crippen molar-refractivity contribution in [1.29, 1.82) is 0 Å². The molecule has 2 rings (SSSR count). The van der Waals surface area contributed by atoms with Gasteiger partial charge in [-0.1, -0.05) is 0 Å². The highest BCUT2D eigenvalue weighted by molar-refractivity contribution is 7.89. The Hall–Kier alpha value is -1.31. The molecular formula is C14H23N3O3S. The minimum Gasteiger partial charge on any atom is -0.397 e. The van der Waals surface area contributed by atoms with Gasteiger partial charge in [-0.25, -0.2) is 13.1 Å². The number of benzene rings is 1. The molecule has 0 aromatic heterocycles. The predicted molar refractivity (Wildman–Crippen MR) is 83.9 cm³/mol. The highest BCUT2D eigenvalue weighted by Crippen LogP contribution is 2.27. The number of nitrogens with one attached hydrogen (secondary N) is 1. The third-order valence-electron chi connectivity index (χ3n) is 3.78. The number of nitrogen functional groups attached to an aromatic ring is 1. The fourth-order valence-electron chi connectivity index (χ4n) is 2.60. The zero-order valence-electron chi connectivity index (χ0n) is 12.5. The largest absolute Gasteiger partial charge is 0.397 e. The highest BCUT2D eigenvalue weighted by atomic mass is 32.2. The lowest BCUT2D eigenvalue weighted by Crippen LogP contribution is -2.31. The fraction of sp³-hybridized carbons (Fsp3) is 0.571. The molecule has 1 aliphatic rings. The normalized spacial score (nSPS) is 19.4. The van der Waals surface area contributed by atoms with Gasteiger partial charge in [0.2, 0.25) is 10.0 Å². The molecule has 7 heteroatoms. The second-order valence-corrected chi connectivity index (χ2v) is 7.28. The van der Waals surface area contributed by atoms with Gasteiger partial charge in [0.25, 0.3) is 0 Å². The monoisotopic (exact) mass is 313 g/mol. The number of ether oxygens (including phenoxy) is 1. The molecule has 3 N–H and O–H groups in total. The van der Waals surface area contributed by atoms with Crippen LogP contribution in [0.2, 0.25) is 0 Å². The van der Waals surface area contributed by atoms with E-state index >= 15 is 0 Å². The van der Waals surface area contributed by atoms with Crippen LogP contribution in [0.15, 0.2) is 23.1 Å². The van der Waals surface area contributed by atoms with Crippen LogP contribution in [0.4, 0.5) is 11.4 Å². The second kappa shape index (κ2) is 6.64. The van der Waals surface area contributed by atoms with Gasteiger partial charge in [0.05, 0.1) is 22.9 Å². The summed E-state index contributed by atoms with van der Waals surface area (Å²) in [5, 5.41) is 0. The molecule has 1 aliphatic heterocycles. The minimum absolute atomic E-state index is 0.181. The highest BCUT2D eigenvalue weighted by Gasteiger charge is 2.18. The molecular weight excluding hydrogens is 290 g/mol. The van der Waals surface area contributed by atoms with Gasteiger partial charge >= 0.3 is 0 Å². The number of anilines is 2. The van der Waals surface area contributed by atoms with Gasteiger partial charge < -0.3 is 15.4 Å². The van der Waals surface area contributed by atoms with Crippen LogP contribution in [-0.2, 0) is 14.8 Å². The van der Waals surface area contributed by atoms with Crippen LogP contribution in [0, 0.1) is 5.92 Å². The zero-order valence-corrected chi connectivity index (χ0v) is 13.3. The van der Waals surface area contributed by atoms with Gasteiger partial charge in [0, 0.05) is 20.2 Å². The third kappa shape index (κ3) is 3.87. The topological polar surface area (TPSA) is 84.7 Å². The zero-order chi connectivity index (χ0) is 15.5. The van der Waals surface area contributed by atoms with Crippen molar-refractivity contribution >= 4 is 21.4 Å². The van der Waals surface area contributed by atoms with Crippen LogP contribution in [-0.4, -0.2) is 42.3 Å². The number of nitrogens with two attached hydrogens (primary N) is 1. The van der Waals surface area contributed by atoms with Gasteiger partial charge in [0.15, 0.2) is 0 Å². The Bertz CT molecular complexity index is 583. The molecule has 1 atom stereocenters. The summed E-state index contributed by atoms with van der Waals surface area (Å²) >= 11 is 0. The Morgan fingerprint density at radius 1 is 1.48 bits per heavy atom. The van der Waals surface area contributed by atoms with Crippen molar-refractivity contribution in [3.05, 3.63) is 18.2 Å². The lowest BCUT2D eigenvalue weighted by atomic mass is 10.0. The summed E-state index contributed by atoms with van der Waals surface area (Å²) in [5.74, 6) is 0.490. The van der Waals surface area contributed by atoms with Crippen molar-refractivity contribution < 1.29 is 13.2 Å². The summed E-state index contributed by atoms with van der Waals surface area (Å²) in [5.41, 5.74) is 7.32. The third-order valence-corrected chi connectivity index (χ3v) is 5.19. The maximum Gasteiger partial charge on any atom is 0.240 e. The number of rotatable bonds is 5. The molecule has 6 nitrogen and oxygen atoms in total. The molecule has 1 saturated heterocycles. The summed E-state index contributed by atoms with van der Waals surface area (Å²) in [6, 6.07) is 4.82. The number of hydrogen-bond donors (Lipinski definition) is 2. The summed E-state index contributed by atoms with van der Waals surface area (Å²) < 4.78 is 31.3. The molecule has 1 heterocycles. The van der Waals surface area contributed by atoms with E-state index in [1.807, 2.05) is 7.05 Å². The van der Waals surface area contributed by atoms with Crippen molar-refractivity contribution in [2.75, 3.05) is 44.5 Å². The van der Waals surface area contributed by atoms with Gasteiger partial charge in [0.1, 0.15) is 0 Å². The van der Waals surface area contributed by atoms with E-state index in [1.54, 1.807) is 12.1 Å². The lowest BCUT2D eigenvalue weighted by molar-refractivity contribution is 0.0576. The number of nitrogens with zero attached hydrogens (tertiary/aromatic N) is 1.